The van der Waals surface area contributed by atoms with E-state index in [0.717, 1.165) is 11.3 Å². The average molecular weight is 248 g/mol. The van der Waals surface area contributed by atoms with Gasteiger partial charge in [0.25, 0.3) is 0 Å². The zero-order chi connectivity index (χ0) is 13.2. The van der Waals surface area contributed by atoms with E-state index in [-0.39, 0.29) is 11.0 Å². The molecule has 0 saturated carbocycles. The zero-order valence-corrected chi connectivity index (χ0v) is 10.3. The molecule has 18 heavy (non-hydrogen) atoms. The molecule has 0 spiro atoms. The Morgan fingerprint density at radius 1 is 1.17 bits per heavy atom. The smallest absolute Gasteiger partial charge is 0.465 e. The number of amides is 1. The summed E-state index contributed by atoms with van der Waals surface area (Å²) in [5.41, 5.74) is 1.61. The van der Waals surface area contributed by atoms with Gasteiger partial charge in [-0.1, -0.05) is 12.1 Å². The minimum Gasteiger partial charge on any atom is -0.465 e. The first-order valence-corrected chi connectivity index (χ1v) is 5.46. The van der Waals surface area contributed by atoms with E-state index in [4.69, 9.17) is 4.74 Å². The molecule has 0 unspecified atom stereocenters. The van der Waals surface area contributed by atoms with Gasteiger partial charge in [-0.2, -0.15) is 9.28 Å². The number of rotatable bonds is 2. The van der Waals surface area contributed by atoms with Crippen LogP contribution in [-0.2, 0) is 14.3 Å². The molecule has 1 amide bonds. The summed E-state index contributed by atoms with van der Waals surface area (Å²) < 4.78 is 9.17. The molecule has 2 rings (SSSR count). The van der Waals surface area contributed by atoms with Crippen LogP contribution in [0.3, 0.4) is 0 Å². The minimum atomic E-state index is -0.512. The van der Waals surface area contributed by atoms with E-state index in [1.807, 2.05) is 18.2 Å². The van der Waals surface area contributed by atoms with Crippen molar-refractivity contribution < 1.29 is 19.1 Å². The lowest BCUT2D eigenvalue weighted by atomic mass is 10.2. The third-order valence-electron chi connectivity index (χ3n) is 2.98. The maximum Gasteiger partial charge on any atom is 0.526 e. The van der Waals surface area contributed by atoms with Crippen molar-refractivity contribution in [3.63, 3.8) is 0 Å². The van der Waals surface area contributed by atoms with Gasteiger partial charge in [0.15, 0.2) is 12.2 Å². The van der Waals surface area contributed by atoms with Crippen molar-refractivity contribution >= 4 is 23.8 Å². The third-order valence-corrected chi connectivity index (χ3v) is 2.98. The molecule has 5 nitrogen and oxygen atoms in total. The van der Waals surface area contributed by atoms with Crippen molar-refractivity contribution in [3.05, 3.63) is 36.0 Å². The molecule has 1 aromatic carbocycles. The van der Waals surface area contributed by atoms with Gasteiger partial charge < -0.3 is 9.47 Å². The topological polar surface area (TPSA) is 52.6 Å². The van der Waals surface area contributed by atoms with Crippen LogP contribution in [0.15, 0.2) is 30.5 Å². The van der Waals surface area contributed by atoms with Crippen LogP contribution in [-0.4, -0.2) is 32.8 Å². The van der Waals surface area contributed by atoms with E-state index in [0.29, 0.717) is 0 Å². The average Bonchev–Trinajstić information content (AvgIpc) is 2.78. The molecule has 0 aromatic heterocycles. The molecule has 0 bridgehead atoms. The number of nitrogens with zero attached hydrogens (tertiary/aromatic N) is 1. The lowest BCUT2D eigenvalue weighted by molar-refractivity contribution is -0.140. The number of carbonyl (C=O) groups is 2. The van der Waals surface area contributed by atoms with Gasteiger partial charge in [0.2, 0.25) is 0 Å². The van der Waals surface area contributed by atoms with Crippen LogP contribution in [0.4, 0.5) is 10.5 Å². The maximum atomic E-state index is 12.0. The Labute approximate surface area is 105 Å². The Bertz CT molecular complexity index is 523. The Kier molecular flexibility index (Phi) is 3.16. The number of hydrogen-bond donors (Lipinski definition) is 0. The van der Waals surface area contributed by atoms with Gasteiger partial charge in [0.1, 0.15) is 6.20 Å². The molecule has 0 N–H and O–H groups in total. The Hall–Kier alpha value is -2.14. The van der Waals surface area contributed by atoms with Crippen LogP contribution in [0.5, 0.6) is 0 Å². The highest BCUT2D eigenvalue weighted by Crippen LogP contribution is 2.36. The van der Waals surface area contributed by atoms with Gasteiger partial charge in [0, 0.05) is 17.7 Å². The first kappa shape index (κ1) is 12.3. The van der Waals surface area contributed by atoms with E-state index in [9.17, 15) is 9.59 Å². The van der Waals surface area contributed by atoms with Crippen molar-refractivity contribution in [1.82, 2.24) is 4.48 Å². The summed E-state index contributed by atoms with van der Waals surface area (Å²) in [7, 11) is 2.59. The van der Waals surface area contributed by atoms with E-state index in [2.05, 4.69) is 4.74 Å². The van der Waals surface area contributed by atoms with Gasteiger partial charge in [-0.25, -0.2) is 4.79 Å². The molecule has 0 fully saturated rings. The monoisotopic (exact) mass is 248 g/mol. The fourth-order valence-electron chi connectivity index (χ4n) is 2.07. The van der Waals surface area contributed by atoms with Crippen molar-refractivity contribution in [2.24, 2.45) is 0 Å². The van der Waals surface area contributed by atoms with Crippen LogP contribution < -0.4 is 4.48 Å². The zero-order valence-electron chi connectivity index (χ0n) is 10.3. The van der Waals surface area contributed by atoms with Crippen molar-refractivity contribution in [1.29, 1.82) is 0 Å². The first-order chi connectivity index (χ1) is 8.64. The number of carbonyl (C=O) groups excluding carboxylic acids is 2. The number of fused-ring (bicyclic) bond motifs is 1. The Balaban J connectivity index is 2.49. The Morgan fingerprint density at radius 2 is 1.89 bits per heavy atom. The molecular formula is C13H14NO4+. The third kappa shape index (κ3) is 1.78. The summed E-state index contributed by atoms with van der Waals surface area (Å²) in [6, 6.07) is 7.37. The molecule has 1 aromatic rings. The molecule has 1 aliphatic rings. The second-order valence-corrected chi connectivity index (χ2v) is 3.95. The van der Waals surface area contributed by atoms with Crippen LogP contribution in [0.2, 0.25) is 0 Å². The van der Waals surface area contributed by atoms with Crippen LogP contribution in [0, 0.1) is 0 Å². The second kappa shape index (κ2) is 4.62. The van der Waals surface area contributed by atoms with Gasteiger partial charge in [-0.15, -0.1) is 0 Å². The van der Waals surface area contributed by atoms with E-state index < -0.39 is 12.1 Å². The molecule has 5 heteroatoms. The standard InChI is InChI=1S/C13H14NO4/c1-17-12(15)9-14(13(16)18-2)8-7-10-5-3-4-6-11(10)14/h3-8H,9H2,1-2H3/q+1/t14-/m1/s1. The van der Waals surface area contributed by atoms with Crippen molar-refractivity contribution in [2.45, 2.75) is 0 Å². The summed E-state index contributed by atoms with van der Waals surface area (Å²) in [5.74, 6) is -0.471. The fourth-order valence-corrected chi connectivity index (χ4v) is 2.07. The molecule has 94 valence electrons. The Morgan fingerprint density at radius 3 is 2.56 bits per heavy atom. The van der Waals surface area contributed by atoms with E-state index in [1.54, 1.807) is 18.3 Å². The van der Waals surface area contributed by atoms with Gasteiger partial charge in [-0.05, 0) is 6.07 Å². The molecule has 1 aliphatic heterocycles. The highest BCUT2D eigenvalue weighted by Gasteiger charge is 2.45. The van der Waals surface area contributed by atoms with Crippen molar-refractivity contribution in [2.75, 3.05) is 20.8 Å². The van der Waals surface area contributed by atoms with Crippen LogP contribution in [0.1, 0.15) is 5.56 Å². The minimum absolute atomic E-state index is 0.114. The van der Waals surface area contributed by atoms with Gasteiger partial charge in [0.05, 0.1) is 14.2 Å². The number of para-hydroxylation sites is 1. The van der Waals surface area contributed by atoms with Gasteiger partial charge >= 0.3 is 12.1 Å². The fraction of sp³-hybridized carbons (Fsp3) is 0.231. The predicted octanol–water partition coefficient (Wildman–Crippen LogP) is 1.92. The number of benzene rings is 1. The highest BCUT2D eigenvalue weighted by molar-refractivity contribution is 5.95. The number of ether oxygens (including phenoxy) is 2. The molecular weight excluding hydrogens is 234 g/mol. The second-order valence-electron chi connectivity index (χ2n) is 3.95. The molecule has 0 radical (unpaired) electrons. The maximum absolute atomic E-state index is 12.0. The summed E-state index contributed by atoms with van der Waals surface area (Å²) in [4.78, 5) is 23.6. The van der Waals surface area contributed by atoms with Crippen LogP contribution in [0.25, 0.3) is 6.08 Å². The number of hydrogen-bond acceptors (Lipinski definition) is 4. The largest absolute Gasteiger partial charge is 0.526 e. The molecule has 0 aliphatic carbocycles. The van der Waals surface area contributed by atoms with Crippen LogP contribution >= 0.6 is 0 Å². The van der Waals surface area contributed by atoms with Crippen molar-refractivity contribution in [3.8, 4) is 0 Å². The lowest BCUT2D eigenvalue weighted by Crippen LogP contribution is -2.51. The first-order valence-electron chi connectivity index (χ1n) is 5.46. The summed E-state index contributed by atoms with van der Waals surface area (Å²) in [6.45, 7) is -0.114. The summed E-state index contributed by atoms with van der Waals surface area (Å²) >= 11 is 0. The number of methoxy groups -OCH3 is 2. The molecule has 1 heterocycles. The normalized spacial score (nSPS) is 20.3. The summed E-state index contributed by atoms with van der Waals surface area (Å²) in [6.07, 6.45) is 2.93. The van der Waals surface area contributed by atoms with E-state index >= 15 is 0 Å². The number of esters is 1. The molecule has 1 atom stereocenters. The quantitative estimate of drug-likeness (QED) is 0.592. The highest BCUT2D eigenvalue weighted by atomic mass is 16.6. The predicted molar refractivity (Wildman–Crippen MR) is 66.6 cm³/mol. The number of quaternary nitrogens is 1. The molecule has 0 saturated heterocycles. The lowest BCUT2D eigenvalue weighted by Gasteiger charge is -2.25. The summed E-state index contributed by atoms with van der Waals surface area (Å²) in [5, 5.41) is 0. The van der Waals surface area contributed by atoms with Gasteiger partial charge in [-0.3, -0.25) is 0 Å². The SMILES string of the molecule is COC(=O)C[N@+]1(C(=O)OC)C=Cc2ccccc21. The van der Waals surface area contributed by atoms with E-state index in [1.165, 1.54) is 14.2 Å².